The molecule has 1 heterocycles. The second kappa shape index (κ2) is 7.81. The van der Waals surface area contributed by atoms with Gasteiger partial charge in [-0.3, -0.25) is 0 Å². The van der Waals surface area contributed by atoms with E-state index in [1.807, 2.05) is 24.3 Å². The second-order valence-electron chi connectivity index (χ2n) is 4.16. The van der Waals surface area contributed by atoms with E-state index in [1.54, 1.807) is 11.3 Å². The van der Waals surface area contributed by atoms with E-state index in [1.165, 1.54) is 3.57 Å². The summed E-state index contributed by atoms with van der Waals surface area (Å²) >= 11 is 3.96. The highest BCUT2D eigenvalue weighted by atomic mass is 127. The third-order valence-corrected chi connectivity index (χ3v) is 4.05. The van der Waals surface area contributed by atoms with Crippen LogP contribution in [0, 0.1) is 3.57 Å². The molecule has 0 amide bonds. The number of nitrogens with zero attached hydrogens (tertiary/aromatic N) is 1. The van der Waals surface area contributed by atoms with Crippen molar-refractivity contribution in [3.8, 4) is 5.75 Å². The lowest BCUT2D eigenvalue weighted by Gasteiger charge is -2.04. The van der Waals surface area contributed by atoms with Crippen LogP contribution in [0.3, 0.4) is 0 Å². The van der Waals surface area contributed by atoms with E-state index in [9.17, 15) is 0 Å². The molecule has 1 aromatic heterocycles. The molecule has 0 saturated heterocycles. The van der Waals surface area contributed by atoms with Crippen LogP contribution in [0.5, 0.6) is 5.75 Å². The van der Waals surface area contributed by atoms with Gasteiger partial charge < -0.3 is 10.1 Å². The van der Waals surface area contributed by atoms with E-state index in [0.717, 1.165) is 36.0 Å². The van der Waals surface area contributed by atoms with Gasteiger partial charge in [0.15, 0.2) is 0 Å². The smallest absolute Gasteiger partial charge is 0.131 e. The molecule has 0 unspecified atom stereocenters. The molecule has 0 aliphatic rings. The van der Waals surface area contributed by atoms with Crippen molar-refractivity contribution in [3.05, 3.63) is 43.9 Å². The first-order valence-electron chi connectivity index (χ1n) is 6.30. The average Bonchev–Trinajstić information content (AvgIpc) is 2.85. The first-order chi connectivity index (χ1) is 9.28. The molecule has 1 N–H and O–H groups in total. The minimum Gasteiger partial charge on any atom is -0.487 e. The van der Waals surface area contributed by atoms with E-state index in [0.29, 0.717) is 6.61 Å². The van der Waals surface area contributed by atoms with Crippen LogP contribution in [-0.4, -0.2) is 11.5 Å². The fourth-order valence-corrected chi connectivity index (χ4v) is 2.85. The van der Waals surface area contributed by atoms with E-state index in [4.69, 9.17) is 4.74 Å². The van der Waals surface area contributed by atoms with Gasteiger partial charge in [-0.1, -0.05) is 13.0 Å². The molecule has 2 rings (SSSR count). The number of hydrogen-bond donors (Lipinski definition) is 1. The zero-order valence-electron chi connectivity index (χ0n) is 10.9. The third-order valence-electron chi connectivity index (χ3n) is 2.49. The fourth-order valence-electron chi connectivity index (χ4n) is 1.58. The van der Waals surface area contributed by atoms with Gasteiger partial charge in [0.2, 0.25) is 0 Å². The molecular weight excluding hydrogens is 371 g/mol. The van der Waals surface area contributed by atoms with Crippen LogP contribution in [0.1, 0.15) is 24.0 Å². The van der Waals surface area contributed by atoms with E-state index < -0.39 is 0 Å². The van der Waals surface area contributed by atoms with E-state index in [-0.39, 0.29) is 0 Å². The molecule has 2 aromatic rings. The number of aromatic nitrogens is 1. The van der Waals surface area contributed by atoms with Gasteiger partial charge in [0.25, 0.3) is 0 Å². The van der Waals surface area contributed by atoms with Gasteiger partial charge in [0, 0.05) is 15.5 Å². The Labute approximate surface area is 131 Å². The van der Waals surface area contributed by atoms with Gasteiger partial charge in [0.05, 0.1) is 5.69 Å². The molecule has 102 valence electrons. The predicted molar refractivity (Wildman–Crippen MR) is 87.6 cm³/mol. The van der Waals surface area contributed by atoms with Gasteiger partial charge >= 0.3 is 0 Å². The van der Waals surface area contributed by atoms with Crippen LogP contribution in [0.4, 0.5) is 0 Å². The minimum absolute atomic E-state index is 0.532. The predicted octanol–water partition coefficient (Wildman–Crippen LogP) is 3.83. The summed E-state index contributed by atoms with van der Waals surface area (Å²) in [6.07, 6.45) is 1.15. The molecule has 0 bridgehead atoms. The SMILES string of the molecule is CCCNCc1nc(COc2cccc(I)c2)cs1. The molecule has 0 saturated carbocycles. The summed E-state index contributed by atoms with van der Waals surface area (Å²) < 4.78 is 6.91. The molecule has 5 heteroatoms. The number of halogens is 1. The van der Waals surface area contributed by atoms with Gasteiger partial charge in [-0.05, 0) is 53.8 Å². The highest BCUT2D eigenvalue weighted by Crippen LogP contribution is 2.17. The third kappa shape index (κ3) is 5.08. The Balaban J connectivity index is 1.83. The van der Waals surface area contributed by atoms with Crippen LogP contribution >= 0.6 is 33.9 Å². The Hall–Kier alpha value is -0.660. The standard InChI is InChI=1S/C14H17IN2OS/c1-2-6-16-8-14-17-12(10-19-14)9-18-13-5-3-4-11(15)7-13/h3-5,7,10,16H,2,6,8-9H2,1H3. The largest absolute Gasteiger partial charge is 0.487 e. The lowest BCUT2D eigenvalue weighted by Crippen LogP contribution is -2.13. The van der Waals surface area contributed by atoms with Crippen molar-refractivity contribution in [2.75, 3.05) is 6.54 Å². The van der Waals surface area contributed by atoms with Gasteiger partial charge in [-0.15, -0.1) is 11.3 Å². The summed E-state index contributed by atoms with van der Waals surface area (Å²) in [7, 11) is 0. The monoisotopic (exact) mass is 388 g/mol. The number of rotatable bonds is 7. The van der Waals surface area contributed by atoms with Crippen LogP contribution in [-0.2, 0) is 13.2 Å². The lowest BCUT2D eigenvalue weighted by atomic mass is 10.3. The van der Waals surface area contributed by atoms with Gasteiger partial charge in [-0.2, -0.15) is 0 Å². The molecule has 1 aromatic carbocycles. The molecule has 0 atom stereocenters. The summed E-state index contributed by atoms with van der Waals surface area (Å²) in [5.74, 6) is 0.894. The van der Waals surface area contributed by atoms with Crippen molar-refractivity contribution < 1.29 is 4.74 Å². The summed E-state index contributed by atoms with van der Waals surface area (Å²) in [4.78, 5) is 4.55. The molecular formula is C14H17IN2OS. The highest BCUT2D eigenvalue weighted by Gasteiger charge is 2.03. The quantitative estimate of drug-likeness (QED) is 0.579. The molecule has 0 aliphatic carbocycles. The lowest BCUT2D eigenvalue weighted by molar-refractivity contribution is 0.301. The van der Waals surface area contributed by atoms with Crippen LogP contribution < -0.4 is 10.1 Å². The van der Waals surface area contributed by atoms with Crippen LogP contribution in [0.15, 0.2) is 29.6 Å². The Morgan fingerprint density at radius 1 is 1.42 bits per heavy atom. The van der Waals surface area contributed by atoms with E-state index >= 15 is 0 Å². The van der Waals surface area contributed by atoms with Crippen molar-refractivity contribution in [1.29, 1.82) is 0 Å². The maximum Gasteiger partial charge on any atom is 0.131 e. The average molecular weight is 388 g/mol. The molecule has 0 spiro atoms. The summed E-state index contributed by atoms with van der Waals surface area (Å²) in [5, 5.41) is 6.54. The maximum absolute atomic E-state index is 5.73. The molecule has 0 aliphatic heterocycles. The number of benzene rings is 1. The van der Waals surface area contributed by atoms with E-state index in [2.05, 4.69) is 45.2 Å². The number of nitrogens with one attached hydrogen (secondary N) is 1. The fraction of sp³-hybridized carbons (Fsp3) is 0.357. The van der Waals surface area contributed by atoms with Gasteiger partial charge in [-0.25, -0.2) is 4.98 Å². The Morgan fingerprint density at radius 3 is 3.11 bits per heavy atom. The minimum atomic E-state index is 0.532. The number of thiazole rings is 1. The normalized spacial score (nSPS) is 10.6. The maximum atomic E-state index is 5.73. The summed E-state index contributed by atoms with van der Waals surface area (Å²) in [6, 6.07) is 8.04. The summed E-state index contributed by atoms with van der Waals surface area (Å²) in [6.45, 7) is 4.58. The Morgan fingerprint density at radius 2 is 2.32 bits per heavy atom. The van der Waals surface area contributed by atoms with Gasteiger partial charge in [0.1, 0.15) is 17.4 Å². The molecule has 3 nitrogen and oxygen atoms in total. The number of hydrogen-bond acceptors (Lipinski definition) is 4. The Bertz CT molecular complexity index is 516. The van der Waals surface area contributed by atoms with Crippen molar-refractivity contribution in [2.24, 2.45) is 0 Å². The Kier molecular flexibility index (Phi) is 6.06. The summed E-state index contributed by atoms with van der Waals surface area (Å²) in [5.41, 5.74) is 0.997. The highest BCUT2D eigenvalue weighted by molar-refractivity contribution is 14.1. The van der Waals surface area contributed by atoms with Crippen molar-refractivity contribution >= 4 is 33.9 Å². The first-order valence-corrected chi connectivity index (χ1v) is 8.26. The molecule has 19 heavy (non-hydrogen) atoms. The zero-order chi connectivity index (χ0) is 13.5. The first kappa shape index (κ1) is 14.7. The van der Waals surface area contributed by atoms with Crippen molar-refractivity contribution in [1.82, 2.24) is 10.3 Å². The van der Waals surface area contributed by atoms with Crippen molar-refractivity contribution in [3.63, 3.8) is 0 Å². The number of ether oxygens (including phenoxy) is 1. The molecule has 0 fully saturated rings. The zero-order valence-corrected chi connectivity index (χ0v) is 13.8. The molecule has 0 radical (unpaired) electrons. The topological polar surface area (TPSA) is 34.2 Å². The second-order valence-corrected chi connectivity index (χ2v) is 6.34. The van der Waals surface area contributed by atoms with Crippen LogP contribution in [0.2, 0.25) is 0 Å². The van der Waals surface area contributed by atoms with Crippen molar-refractivity contribution in [2.45, 2.75) is 26.5 Å². The van der Waals surface area contributed by atoms with Crippen LogP contribution in [0.25, 0.3) is 0 Å².